The van der Waals surface area contributed by atoms with Gasteiger partial charge in [-0.15, -0.1) is 0 Å². The first-order valence-electron chi connectivity index (χ1n) is 8.13. The molecule has 0 saturated carbocycles. The molecule has 1 fully saturated rings. The molecule has 7 nitrogen and oxygen atoms in total. The molecule has 0 unspecified atom stereocenters. The van der Waals surface area contributed by atoms with Gasteiger partial charge in [0.1, 0.15) is 4.90 Å². The first kappa shape index (κ1) is 20.4. The summed E-state index contributed by atoms with van der Waals surface area (Å²) in [5.41, 5.74) is 0.967. The van der Waals surface area contributed by atoms with E-state index in [0.29, 0.717) is 5.69 Å². The molecule has 1 aliphatic heterocycles. The van der Waals surface area contributed by atoms with E-state index in [4.69, 9.17) is 32.7 Å². The third-order valence-electron chi connectivity index (χ3n) is 3.94. The molecule has 2 aromatic rings. The highest BCUT2D eigenvalue weighted by Crippen LogP contribution is 2.31. The van der Waals surface area contributed by atoms with E-state index >= 15 is 0 Å². The number of anilines is 1. The second-order valence-corrected chi connectivity index (χ2v) is 8.55. The molecule has 0 amide bonds. The van der Waals surface area contributed by atoms with E-state index in [-0.39, 0.29) is 33.5 Å². The van der Waals surface area contributed by atoms with Crippen LogP contribution < -0.4 is 4.72 Å². The number of carbonyl (C=O) groups excluding carboxylic acids is 2. The fourth-order valence-electron chi connectivity index (χ4n) is 2.59. The maximum absolute atomic E-state index is 12.8. The molecule has 1 atom stereocenters. The molecule has 3 rings (SSSR count). The van der Waals surface area contributed by atoms with E-state index in [1.54, 1.807) is 18.2 Å². The van der Waals surface area contributed by atoms with Gasteiger partial charge in [-0.2, -0.15) is 0 Å². The van der Waals surface area contributed by atoms with Crippen molar-refractivity contribution in [1.29, 1.82) is 0 Å². The molecular weight excluding hydrogens is 429 g/mol. The SMILES string of the molecule is Cc1cccc(NS(=O)(=O)c2cc(C(=O)O[C@H]3CCOC3=O)c(Cl)cc2Cl)c1. The Labute approximate surface area is 171 Å². The number of rotatable bonds is 5. The van der Waals surface area contributed by atoms with Crippen LogP contribution in [0.1, 0.15) is 22.3 Å². The van der Waals surface area contributed by atoms with Crippen LogP contribution in [0.5, 0.6) is 0 Å². The fourth-order valence-corrected chi connectivity index (χ4v) is 4.49. The van der Waals surface area contributed by atoms with Crippen molar-refractivity contribution in [3.63, 3.8) is 0 Å². The molecule has 0 radical (unpaired) electrons. The van der Waals surface area contributed by atoms with Crippen molar-refractivity contribution in [3.05, 3.63) is 57.6 Å². The zero-order chi connectivity index (χ0) is 20.5. The average molecular weight is 444 g/mol. The Morgan fingerprint density at radius 3 is 2.61 bits per heavy atom. The van der Waals surface area contributed by atoms with Crippen LogP contribution >= 0.6 is 23.2 Å². The van der Waals surface area contributed by atoms with Gasteiger partial charge in [0.05, 0.1) is 22.2 Å². The molecule has 1 saturated heterocycles. The van der Waals surface area contributed by atoms with Gasteiger partial charge < -0.3 is 9.47 Å². The lowest BCUT2D eigenvalue weighted by molar-refractivity contribution is -0.145. The summed E-state index contributed by atoms with van der Waals surface area (Å²) in [5, 5.41) is -0.266. The second-order valence-electron chi connectivity index (χ2n) is 6.09. The molecule has 0 spiro atoms. The predicted octanol–water partition coefficient (Wildman–Crippen LogP) is 3.57. The van der Waals surface area contributed by atoms with Gasteiger partial charge in [0.15, 0.2) is 0 Å². The fraction of sp³-hybridized carbons (Fsp3) is 0.222. The molecule has 2 aromatic carbocycles. The molecular formula is C18H15Cl2NO6S. The van der Waals surface area contributed by atoms with Gasteiger partial charge in [0.25, 0.3) is 10.0 Å². The minimum atomic E-state index is -4.11. The number of esters is 2. The van der Waals surface area contributed by atoms with Crippen molar-refractivity contribution in [2.24, 2.45) is 0 Å². The number of sulfonamides is 1. The Morgan fingerprint density at radius 2 is 1.96 bits per heavy atom. The summed E-state index contributed by atoms with van der Waals surface area (Å²) in [6.07, 6.45) is -0.833. The number of hydrogen-bond acceptors (Lipinski definition) is 6. The number of benzene rings is 2. The van der Waals surface area contributed by atoms with Gasteiger partial charge in [-0.1, -0.05) is 35.3 Å². The third kappa shape index (κ3) is 4.40. The highest BCUT2D eigenvalue weighted by Gasteiger charge is 2.32. The largest absolute Gasteiger partial charge is 0.463 e. The predicted molar refractivity (Wildman–Crippen MR) is 103 cm³/mol. The lowest BCUT2D eigenvalue weighted by Crippen LogP contribution is -2.23. The van der Waals surface area contributed by atoms with Crippen molar-refractivity contribution >= 4 is 50.9 Å². The molecule has 0 aliphatic carbocycles. The third-order valence-corrected chi connectivity index (χ3v) is 6.10. The van der Waals surface area contributed by atoms with Crippen LogP contribution in [0.4, 0.5) is 5.69 Å². The van der Waals surface area contributed by atoms with Gasteiger partial charge in [-0.25, -0.2) is 18.0 Å². The van der Waals surface area contributed by atoms with Crippen LogP contribution in [-0.2, 0) is 24.3 Å². The van der Waals surface area contributed by atoms with E-state index in [9.17, 15) is 18.0 Å². The first-order valence-corrected chi connectivity index (χ1v) is 10.4. The number of hydrogen-bond donors (Lipinski definition) is 1. The zero-order valence-electron chi connectivity index (χ0n) is 14.6. The van der Waals surface area contributed by atoms with Gasteiger partial charge >= 0.3 is 11.9 Å². The number of halogens is 2. The first-order chi connectivity index (χ1) is 13.2. The molecule has 148 valence electrons. The van der Waals surface area contributed by atoms with E-state index < -0.39 is 28.1 Å². The van der Waals surface area contributed by atoms with Crippen LogP contribution in [0.25, 0.3) is 0 Å². The quantitative estimate of drug-likeness (QED) is 0.708. The van der Waals surface area contributed by atoms with Crippen molar-refractivity contribution in [2.75, 3.05) is 11.3 Å². The molecule has 1 N–H and O–H groups in total. The van der Waals surface area contributed by atoms with Gasteiger partial charge in [0.2, 0.25) is 6.10 Å². The molecule has 1 heterocycles. The van der Waals surface area contributed by atoms with Crippen molar-refractivity contribution in [3.8, 4) is 0 Å². The highest BCUT2D eigenvalue weighted by molar-refractivity contribution is 7.92. The summed E-state index contributed by atoms with van der Waals surface area (Å²) in [6.45, 7) is 1.96. The van der Waals surface area contributed by atoms with Crippen LogP contribution in [-0.4, -0.2) is 33.1 Å². The molecule has 28 heavy (non-hydrogen) atoms. The Kier molecular flexibility index (Phi) is 5.83. The minimum Gasteiger partial charge on any atom is -0.463 e. The Morgan fingerprint density at radius 1 is 1.21 bits per heavy atom. The van der Waals surface area contributed by atoms with Gasteiger partial charge in [-0.3, -0.25) is 4.72 Å². The normalized spacial score (nSPS) is 16.5. The van der Waals surface area contributed by atoms with E-state index in [2.05, 4.69) is 4.72 Å². The smallest absolute Gasteiger partial charge is 0.347 e. The van der Waals surface area contributed by atoms with Crippen molar-refractivity contribution in [2.45, 2.75) is 24.3 Å². The highest BCUT2D eigenvalue weighted by atomic mass is 35.5. The molecule has 1 aliphatic rings. The van der Waals surface area contributed by atoms with Crippen LogP contribution in [0.15, 0.2) is 41.3 Å². The van der Waals surface area contributed by atoms with E-state index in [0.717, 1.165) is 17.7 Å². The van der Waals surface area contributed by atoms with Gasteiger partial charge in [-0.05, 0) is 36.8 Å². The maximum atomic E-state index is 12.8. The number of nitrogens with one attached hydrogen (secondary N) is 1. The lowest BCUT2D eigenvalue weighted by atomic mass is 10.2. The standard InChI is InChI=1S/C18H15Cl2NO6S/c1-10-3-2-4-11(7-10)21-28(24,25)16-8-12(13(19)9-14(16)20)17(22)27-15-5-6-26-18(15)23/h2-4,7-9,15,21H,5-6H2,1H3/t15-/m0/s1. The Balaban J connectivity index is 1.92. The monoisotopic (exact) mass is 443 g/mol. The Hall–Kier alpha value is -2.29. The zero-order valence-corrected chi connectivity index (χ0v) is 16.9. The Bertz CT molecular complexity index is 1050. The van der Waals surface area contributed by atoms with Crippen molar-refractivity contribution in [1.82, 2.24) is 0 Å². The number of carbonyl (C=O) groups is 2. The summed E-state index contributed by atoms with van der Waals surface area (Å²) in [7, 11) is -4.11. The molecule has 0 aromatic heterocycles. The lowest BCUT2D eigenvalue weighted by Gasteiger charge is -2.13. The summed E-state index contributed by atoms with van der Waals surface area (Å²) in [5.74, 6) is -1.61. The van der Waals surface area contributed by atoms with Crippen molar-refractivity contribution < 1.29 is 27.5 Å². The number of cyclic esters (lactones) is 1. The second kappa shape index (κ2) is 7.98. The topological polar surface area (TPSA) is 98.8 Å². The molecule has 0 bridgehead atoms. The van der Waals surface area contributed by atoms with Crippen LogP contribution in [0.3, 0.4) is 0 Å². The van der Waals surface area contributed by atoms with Crippen LogP contribution in [0.2, 0.25) is 10.0 Å². The summed E-state index contributed by atoms with van der Waals surface area (Å²) >= 11 is 12.1. The van der Waals surface area contributed by atoms with E-state index in [1.165, 1.54) is 0 Å². The van der Waals surface area contributed by atoms with Gasteiger partial charge in [0, 0.05) is 12.1 Å². The average Bonchev–Trinajstić information content (AvgIpc) is 2.99. The maximum Gasteiger partial charge on any atom is 0.347 e. The van der Waals surface area contributed by atoms with E-state index in [1.807, 2.05) is 13.0 Å². The minimum absolute atomic E-state index is 0.101. The summed E-state index contributed by atoms with van der Waals surface area (Å²) in [4.78, 5) is 23.5. The number of aryl methyl sites for hydroxylation is 1. The summed E-state index contributed by atoms with van der Waals surface area (Å²) in [6, 6.07) is 8.88. The number of ether oxygens (including phenoxy) is 2. The van der Waals surface area contributed by atoms with Crippen LogP contribution in [0, 0.1) is 6.92 Å². The molecule has 10 heteroatoms. The summed E-state index contributed by atoms with van der Waals surface area (Å²) < 4.78 is 37.7.